The lowest BCUT2D eigenvalue weighted by molar-refractivity contribution is -0.384. The van der Waals surface area contributed by atoms with Crippen molar-refractivity contribution in [2.75, 3.05) is 11.4 Å². The van der Waals surface area contributed by atoms with Gasteiger partial charge in [-0.2, -0.15) is 5.10 Å². The van der Waals surface area contributed by atoms with Crippen LogP contribution in [0.15, 0.2) is 6.20 Å². The second kappa shape index (κ2) is 2.69. The van der Waals surface area contributed by atoms with E-state index in [2.05, 4.69) is 5.10 Å². The molecule has 1 amide bonds. The van der Waals surface area contributed by atoms with Gasteiger partial charge in [0.1, 0.15) is 6.20 Å². The molecule has 0 aliphatic carbocycles. The van der Waals surface area contributed by atoms with Crippen molar-refractivity contribution in [3.8, 4) is 0 Å². The molecule has 1 aromatic rings. The summed E-state index contributed by atoms with van der Waals surface area (Å²) in [5.74, 6) is 0.0440. The first-order chi connectivity index (χ1) is 6.61. The van der Waals surface area contributed by atoms with Gasteiger partial charge in [0.15, 0.2) is 0 Å². The monoisotopic (exact) mass is 198 g/mol. The molecule has 0 saturated carbocycles. The van der Waals surface area contributed by atoms with Gasteiger partial charge in [0.2, 0.25) is 5.82 Å². The predicted octanol–water partition coefficient (Wildman–Crippen LogP) is 0.289. The van der Waals surface area contributed by atoms with E-state index in [1.165, 1.54) is 4.68 Å². The highest BCUT2D eigenvalue weighted by Crippen LogP contribution is 2.31. The van der Waals surface area contributed by atoms with E-state index >= 15 is 0 Å². The molecule has 2 heterocycles. The van der Waals surface area contributed by atoms with Crippen LogP contribution in [0.5, 0.6) is 0 Å². The first-order valence-corrected chi connectivity index (χ1v) is 3.82. The maximum absolute atomic E-state index is 10.7. The summed E-state index contributed by atoms with van der Waals surface area (Å²) in [6, 6.07) is 0. The molecule has 1 N–H and O–H groups in total. The normalized spacial score (nSPS) is 14.1. The standard InChI is InChI=1S/C6H6N4O4/c11-6(12)8-1-2-9-5(8)4(3-7-9)10(13)14/h3H,1-2H2,(H,11,12). The third-order valence-corrected chi connectivity index (χ3v) is 2.01. The van der Waals surface area contributed by atoms with Crippen molar-refractivity contribution >= 4 is 17.6 Å². The average Bonchev–Trinajstić information content (AvgIpc) is 2.59. The lowest BCUT2D eigenvalue weighted by Crippen LogP contribution is -2.27. The fourth-order valence-corrected chi connectivity index (χ4v) is 1.43. The molecule has 8 heteroatoms. The number of hydrogen-bond acceptors (Lipinski definition) is 4. The summed E-state index contributed by atoms with van der Waals surface area (Å²) in [6.07, 6.45) is -0.142. The van der Waals surface area contributed by atoms with E-state index in [1.54, 1.807) is 0 Å². The summed E-state index contributed by atoms with van der Waals surface area (Å²) in [5, 5.41) is 23.0. The number of nitro groups is 1. The van der Waals surface area contributed by atoms with E-state index in [9.17, 15) is 14.9 Å². The molecule has 14 heavy (non-hydrogen) atoms. The second-order valence-electron chi connectivity index (χ2n) is 2.77. The zero-order valence-electron chi connectivity index (χ0n) is 6.95. The van der Waals surface area contributed by atoms with Crippen LogP contribution < -0.4 is 4.90 Å². The minimum absolute atomic E-state index is 0.0440. The molecule has 0 spiro atoms. The fraction of sp³-hybridized carbons (Fsp3) is 0.333. The molecule has 0 radical (unpaired) electrons. The number of hydrogen-bond donors (Lipinski definition) is 1. The molecule has 1 aliphatic rings. The second-order valence-corrected chi connectivity index (χ2v) is 2.77. The van der Waals surface area contributed by atoms with Crippen LogP contribution in [0.25, 0.3) is 0 Å². The molecular weight excluding hydrogens is 192 g/mol. The Balaban J connectivity index is 2.50. The van der Waals surface area contributed by atoms with Crippen LogP contribution in [0.3, 0.4) is 0 Å². The number of nitrogens with zero attached hydrogens (tertiary/aromatic N) is 4. The Kier molecular flexibility index (Phi) is 1.63. The minimum Gasteiger partial charge on any atom is -0.465 e. The molecule has 0 atom stereocenters. The predicted molar refractivity (Wildman–Crippen MR) is 44.3 cm³/mol. The van der Waals surface area contributed by atoms with Gasteiger partial charge in [0, 0.05) is 0 Å². The van der Waals surface area contributed by atoms with E-state index in [0.29, 0.717) is 6.54 Å². The van der Waals surface area contributed by atoms with Gasteiger partial charge in [-0.1, -0.05) is 0 Å². The number of aromatic nitrogens is 2. The number of fused-ring (bicyclic) bond motifs is 1. The van der Waals surface area contributed by atoms with Gasteiger partial charge in [0.05, 0.1) is 18.0 Å². The van der Waals surface area contributed by atoms with Gasteiger partial charge in [-0.15, -0.1) is 0 Å². The summed E-state index contributed by atoms with van der Waals surface area (Å²) >= 11 is 0. The van der Waals surface area contributed by atoms with Gasteiger partial charge in [-0.25, -0.2) is 9.48 Å². The smallest absolute Gasteiger partial charge is 0.413 e. The minimum atomic E-state index is -1.20. The first kappa shape index (κ1) is 8.48. The first-order valence-electron chi connectivity index (χ1n) is 3.82. The molecule has 2 rings (SSSR count). The molecule has 0 unspecified atom stereocenters. The van der Waals surface area contributed by atoms with Crippen LogP contribution >= 0.6 is 0 Å². The van der Waals surface area contributed by atoms with Crippen molar-refractivity contribution in [1.82, 2.24) is 9.78 Å². The summed E-state index contributed by atoms with van der Waals surface area (Å²) in [5.41, 5.74) is -0.273. The maximum Gasteiger partial charge on any atom is 0.413 e. The van der Waals surface area contributed by atoms with E-state index in [0.717, 1.165) is 11.1 Å². The fourth-order valence-electron chi connectivity index (χ4n) is 1.43. The van der Waals surface area contributed by atoms with Gasteiger partial charge in [-0.3, -0.25) is 15.0 Å². The maximum atomic E-state index is 10.7. The molecule has 0 fully saturated rings. The Bertz CT molecular complexity index is 412. The summed E-state index contributed by atoms with van der Waals surface area (Å²) in [7, 11) is 0. The molecule has 0 bridgehead atoms. The Labute approximate surface area is 77.5 Å². The Morgan fingerprint density at radius 1 is 1.64 bits per heavy atom. The Morgan fingerprint density at radius 3 is 2.93 bits per heavy atom. The lowest BCUT2D eigenvalue weighted by atomic mass is 10.5. The molecule has 1 aromatic heterocycles. The van der Waals surface area contributed by atoms with Crippen molar-refractivity contribution < 1.29 is 14.8 Å². The summed E-state index contributed by atoms with van der Waals surface area (Å²) in [4.78, 5) is 21.5. The van der Waals surface area contributed by atoms with Crippen molar-refractivity contribution in [1.29, 1.82) is 0 Å². The Morgan fingerprint density at radius 2 is 2.36 bits per heavy atom. The van der Waals surface area contributed by atoms with E-state index in [1.807, 2.05) is 0 Å². The van der Waals surface area contributed by atoms with Crippen LogP contribution in [0.1, 0.15) is 0 Å². The van der Waals surface area contributed by atoms with Gasteiger partial charge >= 0.3 is 11.8 Å². The summed E-state index contributed by atoms with van der Waals surface area (Å²) < 4.78 is 1.31. The van der Waals surface area contributed by atoms with E-state index in [-0.39, 0.29) is 18.1 Å². The third-order valence-electron chi connectivity index (χ3n) is 2.01. The molecular formula is C6H6N4O4. The van der Waals surface area contributed by atoms with Crippen molar-refractivity contribution in [2.45, 2.75) is 6.54 Å². The largest absolute Gasteiger partial charge is 0.465 e. The van der Waals surface area contributed by atoms with Crippen molar-refractivity contribution in [3.05, 3.63) is 16.3 Å². The van der Waals surface area contributed by atoms with Crippen LogP contribution in [0.2, 0.25) is 0 Å². The topological polar surface area (TPSA) is 102 Å². The third kappa shape index (κ3) is 1.00. The summed E-state index contributed by atoms with van der Waals surface area (Å²) in [6.45, 7) is 0.564. The highest BCUT2D eigenvalue weighted by molar-refractivity contribution is 5.88. The van der Waals surface area contributed by atoms with E-state index < -0.39 is 11.0 Å². The van der Waals surface area contributed by atoms with Gasteiger partial charge in [0.25, 0.3) is 0 Å². The van der Waals surface area contributed by atoms with Crippen molar-refractivity contribution in [3.63, 3.8) is 0 Å². The van der Waals surface area contributed by atoms with Crippen LogP contribution in [-0.2, 0) is 6.54 Å². The zero-order chi connectivity index (χ0) is 10.3. The molecule has 0 aromatic carbocycles. The Hall–Kier alpha value is -2.12. The van der Waals surface area contributed by atoms with Gasteiger partial charge in [-0.05, 0) is 0 Å². The van der Waals surface area contributed by atoms with Crippen LogP contribution in [0, 0.1) is 10.1 Å². The number of anilines is 1. The van der Waals surface area contributed by atoms with E-state index in [4.69, 9.17) is 5.11 Å². The molecule has 8 nitrogen and oxygen atoms in total. The number of carboxylic acid groups (broad SMARTS) is 1. The SMILES string of the molecule is O=C(O)N1CCn2ncc([N+](=O)[O-])c21. The lowest BCUT2D eigenvalue weighted by Gasteiger charge is -2.07. The zero-order valence-corrected chi connectivity index (χ0v) is 6.95. The quantitative estimate of drug-likeness (QED) is 0.516. The van der Waals surface area contributed by atoms with Gasteiger partial charge < -0.3 is 5.11 Å². The molecule has 74 valence electrons. The van der Waals surface area contributed by atoms with Crippen LogP contribution in [0.4, 0.5) is 16.3 Å². The average molecular weight is 198 g/mol. The molecule has 0 saturated heterocycles. The molecule has 1 aliphatic heterocycles. The highest BCUT2D eigenvalue weighted by Gasteiger charge is 2.34. The van der Waals surface area contributed by atoms with Crippen molar-refractivity contribution in [2.24, 2.45) is 0 Å². The number of carbonyl (C=O) groups is 1. The van der Waals surface area contributed by atoms with Crippen LogP contribution in [-0.4, -0.2) is 32.4 Å². The number of amides is 1. The number of rotatable bonds is 1. The highest BCUT2D eigenvalue weighted by atomic mass is 16.6.